The molecule has 3 aliphatic rings. The first-order valence-corrected chi connectivity index (χ1v) is 10.2. The third-order valence-corrected chi connectivity index (χ3v) is 6.18. The summed E-state index contributed by atoms with van der Waals surface area (Å²) < 4.78 is 22.6. The Labute approximate surface area is 189 Å². The molecule has 0 saturated carbocycles. The van der Waals surface area contributed by atoms with Crippen molar-refractivity contribution in [1.29, 1.82) is 0 Å². The van der Waals surface area contributed by atoms with E-state index in [1.807, 2.05) is 13.1 Å². The highest BCUT2D eigenvalue weighted by atomic mass is 127. The van der Waals surface area contributed by atoms with Crippen LogP contribution in [0.2, 0.25) is 0 Å². The van der Waals surface area contributed by atoms with Crippen LogP contribution in [0.1, 0.15) is 38.2 Å². The number of nitrogens with zero attached hydrogens (tertiary/aromatic N) is 1. The number of hydrogen-bond donors (Lipinski definition) is 2. The lowest BCUT2D eigenvalue weighted by Crippen LogP contribution is -2.50. The van der Waals surface area contributed by atoms with Crippen LogP contribution < -0.4 is 20.1 Å². The highest BCUT2D eigenvalue weighted by Crippen LogP contribution is 2.40. The fourth-order valence-electron chi connectivity index (χ4n) is 4.28. The number of aliphatic imine (C=N–C) groups is 1. The summed E-state index contributed by atoms with van der Waals surface area (Å²) >= 11 is 0. The van der Waals surface area contributed by atoms with Crippen LogP contribution in [0.15, 0.2) is 23.2 Å². The van der Waals surface area contributed by atoms with Gasteiger partial charge in [-0.3, -0.25) is 4.99 Å². The standard InChI is InChI=1S/C21H31N3O4.HI/c1-20(6-3-9-28-20)13-23-19(22-2)24-14-21(7-10-25-11-8-21)16-4-5-17-18(12-16)27-15-26-17;/h4-5,12H,3,6-11,13-15H2,1-2H3,(H2,22,23,24);1H. The van der Waals surface area contributed by atoms with E-state index in [4.69, 9.17) is 18.9 Å². The van der Waals surface area contributed by atoms with E-state index in [9.17, 15) is 0 Å². The van der Waals surface area contributed by atoms with Gasteiger partial charge in [-0.25, -0.2) is 0 Å². The van der Waals surface area contributed by atoms with Crippen LogP contribution in [0, 0.1) is 0 Å². The van der Waals surface area contributed by atoms with Gasteiger partial charge in [-0.2, -0.15) is 0 Å². The van der Waals surface area contributed by atoms with Crippen molar-refractivity contribution >= 4 is 29.9 Å². The van der Waals surface area contributed by atoms with Gasteiger partial charge < -0.3 is 29.6 Å². The van der Waals surface area contributed by atoms with Crippen molar-refractivity contribution in [2.75, 3.05) is 46.8 Å². The molecule has 0 radical (unpaired) electrons. The molecule has 8 heteroatoms. The summed E-state index contributed by atoms with van der Waals surface area (Å²) in [5, 5.41) is 6.98. The first kappa shape index (κ1) is 22.4. The van der Waals surface area contributed by atoms with Gasteiger partial charge in [-0.1, -0.05) is 6.07 Å². The summed E-state index contributed by atoms with van der Waals surface area (Å²) in [5.74, 6) is 2.46. The Morgan fingerprint density at radius 2 is 1.79 bits per heavy atom. The molecule has 2 N–H and O–H groups in total. The summed E-state index contributed by atoms with van der Waals surface area (Å²) in [5.41, 5.74) is 1.13. The molecule has 1 aromatic rings. The van der Waals surface area contributed by atoms with E-state index in [0.717, 1.165) is 76.1 Å². The number of guanidine groups is 1. The molecule has 2 fully saturated rings. The predicted molar refractivity (Wildman–Crippen MR) is 123 cm³/mol. The second-order valence-corrected chi connectivity index (χ2v) is 8.14. The molecule has 0 bridgehead atoms. The molecule has 0 aliphatic carbocycles. The predicted octanol–water partition coefficient (Wildman–Crippen LogP) is 2.82. The average Bonchev–Trinajstić information content (AvgIpc) is 3.37. The fraction of sp³-hybridized carbons (Fsp3) is 0.667. The molecule has 3 aliphatic heterocycles. The Kier molecular flexibility index (Phi) is 7.50. The average molecular weight is 517 g/mol. The zero-order valence-corrected chi connectivity index (χ0v) is 19.6. The molecule has 7 nitrogen and oxygen atoms in total. The smallest absolute Gasteiger partial charge is 0.231 e. The van der Waals surface area contributed by atoms with Gasteiger partial charge in [0.15, 0.2) is 17.5 Å². The second kappa shape index (κ2) is 9.70. The summed E-state index contributed by atoms with van der Waals surface area (Å²) in [6.07, 6.45) is 4.11. The van der Waals surface area contributed by atoms with Gasteiger partial charge in [0.2, 0.25) is 6.79 Å². The van der Waals surface area contributed by atoms with E-state index < -0.39 is 0 Å². The molecule has 1 atom stereocenters. The lowest BCUT2D eigenvalue weighted by molar-refractivity contribution is 0.0242. The number of nitrogens with one attached hydrogen (secondary N) is 2. The normalized spacial score (nSPS) is 25.4. The molecule has 29 heavy (non-hydrogen) atoms. The van der Waals surface area contributed by atoms with E-state index in [1.165, 1.54) is 5.56 Å². The maximum absolute atomic E-state index is 5.87. The molecule has 0 spiro atoms. The summed E-state index contributed by atoms with van der Waals surface area (Å²) in [6.45, 7) is 6.36. The summed E-state index contributed by atoms with van der Waals surface area (Å²) in [6, 6.07) is 6.29. The third kappa shape index (κ3) is 5.08. The van der Waals surface area contributed by atoms with Crippen molar-refractivity contribution in [2.24, 2.45) is 4.99 Å². The van der Waals surface area contributed by atoms with Crippen molar-refractivity contribution in [2.45, 2.75) is 43.6 Å². The van der Waals surface area contributed by atoms with E-state index in [2.05, 4.69) is 34.7 Å². The number of ether oxygens (including phenoxy) is 4. The van der Waals surface area contributed by atoms with Crippen LogP contribution in [0.3, 0.4) is 0 Å². The zero-order valence-electron chi connectivity index (χ0n) is 17.3. The molecule has 162 valence electrons. The van der Waals surface area contributed by atoms with E-state index in [1.54, 1.807) is 0 Å². The van der Waals surface area contributed by atoms with Gasteiger partial charge in [-0.05, 0) is 50.3 Å². The van der Waals surface area contributed by atoms with E-state index >= 15 is 0 Å². The quantitative estimate of drug-likeness (QED) is 0.356. The highest BCUT2D eigenvalue weighted by molar-refractivity contribution is 14.0. The zero-order chi connectivity index (χ0) is 19.5. The molecule has 0 aromatic heterocycles. The van der Waals surface area contributed by atoms with Crippen LogP contribution in [-0.2, 0) is 14.9 Å². The largest absolute Gasteiger partial charge is 0.454 e. The maximum Gasteiger partial charge on any atom is 0.231 e. The Hall–Kier alpha value is -1.26. The van der Waals surface area contributed by atoms with Crippen LogP contribution in [0.4, 0.5) is 0 Å². The molecule has 0 amide bonds. The van der Waals surface area contributed by atoms with Crippen molar-refractivity contribution < 1.29 is 18.9 Å². The number of rotatable bonds is 5. The Morgan fingerprint density at radius 3 is 2.52 bits per heavy atom. The first-order chi connectivity index (χ1) is 13.6. The van der Waals surface area contributed by atoms with Crippen molar-refractivity contribution in [3.05, 3.63) is 23.8 Å². The minimum atomic E-state index is -0.106. The second-order valence-electron chi connectivity index (χ2n) is 8.14. The minimum absolute atomic E-state index is 0. The maximum atomic E-state index is 5.87. The van der Waals surface area contributed by atoms with Crippen LogP contribution in [0.5, 0.6) is 11.5 Å². The van der Waals surface area contributed by atoms with Crippen molar-refractivity contribution in [3.8, 4) is 11.5 Å². The van der Waals surface area contributed by atoms with Crippen LogP contribution >= 0.6 is 24.0 Å². The Balaban J connectivity index is 0.00000240. The van der Waals surface area contributed by atoms with Gasteiger partial charge in [0.1, 0.15) is 0 Å². The third-order valence-electron chi connectivity index (χ3n) is 6.18. The fourth-order valence-corrected chi connectivity index (χ4v) is 4.28. The topological polar surface area (TPSA) is 73.3 Å². The molecule has 1 unspecified atom stereocenters. The number of fused-ring (bicyclic) bond motifs is 1. The van der Waals surface area contributed by atoms with Gasteiger partial charge in [0.25, 0.3) is 0 Å². The van der Waals surface area contributed by atoms with Gasteiger partial charge in [0.05, 0.1) is 5.60 Å². The van der Waals surface area contributed by atoms with Gasteiger partial charge in [0, 0.05) is 45.4 Å². The lowest BCUT2D eigenvalue weighted by Gasteiger charge is -2.38. The molecule has 1 aromatic carbocycles. The van der Waals surface area contributed by atoms with Crippen molar-refractivity contribution in [3.63, 3.8) is 0 Å². The minimum Gasteiger partial charge on any atom is -0.454 e. The molecule has 4 rings (SSSR count). The number of hydrogen-bond acceptors (Lipinski definition) is 5. The van der Waals surface area contributed by atoms with Gasteiger partial charge in [-0.15, -0.1) is 24.0 Å². The Bertz CT molecular complexity index is 716. The lowest BCUT2D eigenvalue weighted by atomic mass is 9.74. The van der Waals surface area contributed by atoms with E-state index in [-0.39, 0.29) is 35.0 Å². The molecule has 3 heterocycles. The van der Waals surface area contributed by atoms with Crippen molar-refractivity contribution in [1.82, 2.24) is 10.6 Å². The highest BCUT2D eigenvalue weighted by Gasteiger charge is 2.36. The monoisotopic (exact) mass is 517 g/mol. The number of halogens is 1. The number of benzene rings is 1. The van der Waals surface area contributed by atoms with Crippen LogP contribution in [-0.4, -0.2) is 58.3 Å². The van der Waals surface area contributed by atoms with Crippen LogP contribution in [0.25, 0.3) is 0 Å². The van der Waals surface area contributed by atoms with E-state index in [0.29, 0.717) is 6.79 Å². The molecular formula is C21H32IN3O4. The molecular weight excluding hydrogens is 485 g/mol. The van der Waals surface area contributed by atoms with Gasteiger partial charge >= 0.3 is 0 Å². The SMILES string of the molecule is CN=C(NCC1(C)CCCO1)NCC1(c2ccc3c(c2)OCO3)CCOCC1.I. The Morgan fingerprint density at radius 1 is 1.03 bits per heavy atom. The first-order valence-electron chi connectivity index (χ1n) is 10.2. The molecule has 2 saturated heterocycles. The summed E-state index contributed by atoms with van der Waals surface area (Å²) in [7, 11) is 1.81. The summed E-state index contributed by atoms with van der Waals surface area (Å²) in [4.78, 5) is 4.41.